The number of nitrogens with zero attached hydrogens (tertiary/aromatic N) is 1. The number of carboxylic acid groups (broad SMARTS) is 1. The number of carboxylic acids is 1. The van der Waals surface area contributed by atoms with Crippen molar-refractivity contribution in [2.75, 3.05) is 19.6 Å². The van der Waals surface area contributed by atoms with E-state index in [9.17, 15) is 4.79 Å². The van der Waals surface area contributed by atoms with E-state index in [1.807, 2.05) is 11.8 Å². The average molecular weight is 172 g/mol. The summed E-state index contributed by atoms with van der Waals surface area (Å²) < 4.78 is 0. The van der Waals surface area contributed by atoms with Gasteiger partial charge in [0.05, 0.1) is 6.54 Å². The molecular formula is C8H16N2O2. The van der Waals surface area contributed by atoms with E-state index in [2.05, 4.69) is 12.2 Å². The molecule has 2 atom stereocenters. The number of aliphatic carboxylic acids is 1. The number of hydrogen-bond donors (Lipinski definition) is 2. The maximum Gasteiger partial charge on any atom is 0.317 e. The summed E-state index contributed by atoms with van der Waals surface area (Å²) in [4.78, 5) is 12.4. The first-order chi connectivity index (χ1) is 5.59. The number of rotatable bonds is 2. The van der Waals surface area contributed by atoms with Gasteiger partial charge in [-0.15, -0.1) is 0 Å². The second-order valence-electron chi connectivity index (χ2n) is 3.48. The van der Waals surface area contributed by atoms with Crippen LogP contribution in [-0.4, -0.2) is 47.7 Å². The zero-order valence-corrected chi connectivity index (χ0v) is 7.58. The van der Waals surface area contributed by atoms with Crippen molar-refractivity contribution >= 4 is 5.97 Å². The predicted molar refractivity (Wildman–Crippen MR) is 46.1 cm³/mol. The molecule has 0 aromatic heterocycles. The Balaban J connectivity index is 2.43. The van der Waals surface area contributed by atoms with Crippen molar-refractivity contribution in [3.8, 4) is 0 Å². The minimum atomic E-state index is -0.740. The first-order valence-corrected chi connectivity index (χ1v) is 4.29. The van der Waals surface area contributed by atoms with Crippen LogP contribution in [0.3, 0.4) is 0 Å². The van der Waals surface area contributed by atoms with Crippen LogP contribution in [0.25, 0.3) is 0 Å². The highest BCUT2D eigenvalue weighted by Gasteiger charge is 2.23. The smallest absolute Gasteiger partial charge is 0.317 e. The van der Waals surface area contributed by atoms with E-state index in [-0.39, 0.29) is 6.54 Å². The summed E-state index contributed by atoms with van der Waals surface area (Å²) in [6.07, 6.45) is 0. The minimum Gasteiger partial charge on any atom is -0.480 e. The summed E-state index contributed by atoms with van der Waals surface area (Å²) in [7, 11) is 0. The molecule has 0 aromatic rings. The average Bonchev–Trinajstić information content (AvgIpc) is 1.96. The summed E-state index contributed by atoms with van der Waals surface area (Å²) in [6.45, 7) is 5.98. The molecule has 0 saturated carbocycles. The molecule has 1 unspecified atom stereocenters. The predicted octanol–water partition coefficient (Wildman–Crippen LogP) is -0.247. The van der Waals surface area contributed by atoms with E-state index in [1.54, 1.807) is 0 Å². The van der Waals surface area contributed by atoms with Crippen molar-refractivity contribution in [3.63, 3.8) is 0 Å². The summed E-state index contributed by atoms with van der Waals surface area (Å²) in [5.74, 6) is -0.740. The van der Waals surface area contributed by atoms with E-state index in [0.29, 0.717) is 12.1 Å². The van der Waals surface area contributed by atoms with Gasteiger partial charge in [0, 0.05) is 25.2 Å². The van der Waals surface area contributed by atoms with Crippen molar-refractivity contribution < 1.29 is 9.90 Å². The van der Waals surface area contributed by atoms with Crippen molar-refractivity contribution in [1.29, 1.82) is 0 Å². The van der Waals surface area contributed by atoms with Crippen molar-refractivity contribution in [2.45, 2.75) is 25.9 Å². The van der Waals surface area contributed by atoms with E-state index in [1.165, 1.54) is 0 Å². The number of carbonyl (C=O) groups is 1. The molecule has 0 bridgehead atoms. The molecule has 1 fully saturated rings. The topological polar surface area (TPSA) is 52.6 Å². The summed E-state index contributed by atoms with van der Waals surface area (Å²) in [5, 5.41) is 11.9. The molecule has 0 aromatic carbocycles. The van der Waals surface area contributed by atoms with Gasteiger partial charge < -0.3 is 10.4 Å². The zero-order chi connectivity index (χ0) is 9.14. The summed E-state index contributed by atoms with van der Waals surface area (Å²) in [6, 6.07) is 0.734. The molecule has 1 saturated heterocycles. The zero-order valence-electron chi connectivity index (χ0n) is 7.58. The van der Waals surface area contributed by atoms with Gasteiger partial charge in [-0.1, -0.05) is 0 Å². The molecule has 1 heterocycles. The third-order valence-corrected chi connectivity index (χ3v) is 2.23. The van der Waals surface area contributed by atoms with Gasteiger partial charge >= 0.3 is 5.97 Å². The van der Waals surface area contributed by atoms with Crippen LogP contribution < -0.4 is 5.32 Å². The van der Waals surface area contributed by atoms with Crippen LogP contribution in [0.2, 0.25) is 0 Å². The van der Waals surface area contributed by atoms with Gasteiger partial charge in [0.1, 0.15) is 0 Å². The summed E-state index contributed by atoms with van der Waals surface area (Å²) in [5.41, 5.74) is 0. The van der Waals surface area contributed by atoms with Crippen molar-refractivity contribution in [1.82, 2.24) is 10.2 Å². The third-order valence-electron chi connectivity index (χ3n) is 2.23. The Bertz CT molecular complexity index is 172. The van der Waals surface area contributed by atoms with Crippen LogP contribution in [0.4, 0.5) is 0 Å². The van der Waals surface area contributed by atoms with E-state index >= 15 is 0 Å². The van der Waals surface area contributed by atoms with Gasteiger partial charge in [0.25, 0.3) is 0 Å². The first kappa shape index (κ1) is 9.48. The van der Waals surface area contributed by atoms with Crippen molar-refractivity contribution in [2.24, 2.45) is 0 Å². The second-order valence-corrected chi connectivity index (χ2v) is 3.48. The van der Waals surface area contributed by atoms with Crippen LogP contribution >= 0.6 is 0 Å². The normalized spacial score (nSPS) is 31.8. The maximum absolute atomic E-state index is 10.5. The Morgan fingerprint density at radius 3 is 2.92 bits per heavy atom. The van der Waals surface area contributed by atoms with Gasteiger partial charge in [-0.2, -0.15) is 0 Å². The minimum absolute atomic E-state index is 0.160. The highest BCUT2D eigenvalue weighted by atomic mass is 16.4. The van der Waals surface area contributed by atoms with Gasteiger partial charge in [0.2, 0.25) is 0 Å². The Morgan fingerprint density at radius 2 is 2.33 bits per heavy atom. The monoisotopic (exact) mass is 172 g/mol. The number of hydrogen-bond acceptors (Lipinski definition) is 3. The lowest BCUT2D eigenvalue weighted by molar-refractivity contribution is -0.139. The molecule has 0 aliphatic carbocycles. The molecule has 12 heavy (non-hydrogen) atoms. The SMILES string of the molecule is CC1CN(CC(=O)O)[C@@H](C)CN1. The van der Waals surface area contributed by atoms with E-state index in [0.717, 1.165) is 13.1 Å². The Morgan fingerprint density at radius 1 is 1.67 bits per heavy atom. The fourth-order valence-corrected chi connectivity index (χ4v) is 1.49. The standard InChI is InChI=1S/C8H16N2O2/c1-6-4-10(5-8(11)12)7(2)3-9-6/h6-7,9H,3-5H2,1-2H3,(H,11,12)/t6?,7-/m0/s1. The molecule has 1 rings (SSSR count). The third kappa shape index (κ3) is 2.46. The Labute approximate surface area is 72.6 Å². The fourth-order valence-electron chi connectivity index (χ4n) is 1.49. The number of nitrogens with one attached hydrogen (secondary N) is 1. The van der Waals surface area contributed by atoms with Gasteiger partial charge in [-0.3, -0.25) is 9.69 Å². The lowest BCUT2D eigenvalue weighted by Gasteiger charge is -2.36. The van der Waals surface area contributed by atoms with Crippen LogP contribution in [0, 0.1) is 0 Å². The van der Waals surface area contributed by atoms with Gasteiger partial charge in [0.15, 0.2) is 0 Å². The molecule has 0 amide bonds. The molecule has 0 spiro atoms. The van der Waals surface area contributed by atoms with Crippen LogP contribution in [0.5, 0.6) is 0 Å². The molecule has 2 N–H and O–H groups in total. The molecule has 0 radical (unpaired) electrons. The van der Waals surface area contributed by atoms with E-state index in [4.69, 9.17) is 5.11 Å². The number of piperazine rings is 1. The first-order valence-electron chi connectivity index (χ1n) is 4.29. The molecule has 1 aliphatic heterocycles. The van der Waals surface area contributed by atoms with Crippen LogP contribution in [0.1, 0.15) is 13.8 Å². The van der Waals surface area contributed by atoms with Crippen molar-refractivity contribution in [3.05, 3.63) is 0 Å². The van der Waals surface area contributed by atoms with Gasteiger partial charge in [-0.05, 0) is 13.8 Å². The molecule has 1 aliphatic rings. The molecular weight excluding hydrogens is 156 g/mol. The largest absolute Gasteiger partial charge is 0.480 e. The molecule has 70 valence electrons. The van der Waals surface area contributed by atoms with E-state index < -0.39 is 5.97 Å². The lowest BCUT2D eigenvalue weighted by atomic mass is 10.1. The molecule has 4 nitrogen and oxygen atoms in total. The lowest BCUT2D eigenvalue weighted by Crippen LogP contribution is -2.55. The second kappa shape index (κ2) is 3.87. The van der Waals surface area contributed by atoms with Crippen LogP contribution in [-0.2, 0) is 4.79 Å². The highest BCUT2D eigenvalue weighted by Crippen LogP contribution is 2.05. The van der Waals surface area contributed by atoms with Crippen LogP contribution in [0.15, 0.2) is 0 Å². The Hall–Kier alpha value is -0.610. The summed E-state index contributed by atoms with van der Waals surface area (Å²) >= 11 is 0. The fraction of sp³-hybridized carbons (Fsp3) is 0.875. The molecule has 4 heteroatoms. The quantitative estimate of drug-likeness (QED) is 0.603. The maximum atomic E-state index is 10.5. The van der Waals surface area contributed by atoms with Gasteiger partial charge in [-0.25, -0.2) is 0 Å². The Kier molecular flexibility index (Phi) is 3.05. The highest BCUT2D eigenvalue weighted by molar-refractivity contribution is 5.69.